The van der Waals surface area contributed by atoms with Crippen LogP contribution >= 0.6 is 37.7 Å². The molecule has 0 atom stereocenters. The summed E-state index contributed by atoms with van der Waals surface area (Å²) in [4.78, 5) is 0. The minimum absolute atomic E-state index is 0. The van der Waals surface area contributed by atoms with Gasteiger partial charge < -0.3 is 0 Å². The van der Waals surface area contributed by atoms with Crippen LogP contribution in [0, 0.1) is 0 Å². The summed E-state index contributed by atoms with van der Waals surface area (Å²) in [7, 11) is 20.1. The van der Waals surface area contributed by atoms with Gasteiger partial charge in [-0.15, -0.1) is 0 Å². The quantitative estimate of drug-likeness (QED) is 0.603. The second kappa shape index (κ2) is 4.26. The Kier molecular flexibility index (Phi) is 7.94. The molecule has 0 fully saturated rings. The van der Waals surface area contributed by atoms with E-state index in [-0.39, 0.29) is 16.8 Å². The molecule has 0 nitrogen and oxygen atoms in total. The van der Waals surface area contributed by atoms with Gasteiger partial charge in [-0.3, -0.25) is 0 Å². The van der Waals surface area contributed by atoms with Crippen LogP contribution in [-0.2, 0) is 28.7 Å². The van der Waals surface area contributed by atoms with Crippen molar-refractivity contribution in [3.8, 4) is 0 Å². The average molecular weight is 297 g/mol. The predicted molar refractivity (Wildman–Crippen MR) is 23.4 cm³/mol. The molecule has 0 aromatic rings. The number of hydrogen-bond acceptors (Lipinski definition) is 0. The van der Waals surface area contributed by atoms with Gasteiger partial charge in [0, 0.05) is 16.8 Å². The molecule has 43 valence electrons. The van der Waals surface area contributed by atoms with E-state index < -0.39 is 11.9 Å². The zero-order valence-electron chi connectivity index (χ0n) is 2.25. The van der Waals surface area contributed by atoms with Crippen molar-refractivity contribution in [1.82, 2.24) is 0 Å². The topological polar surface area (TPSA) is 0 Å². The molecule has 0 rings (SSSR count). The molecular weight excluding hydrogens is 297 g/mol. The number of rotatable bonds is 0. The summed E-state index contributed by atoms with van der Waals surface area (Å²) in [6.45, 7) is 0. The number of hydrogen-bond donors (Lipinski definition) is 0. The normalized spacial score (nSPS) is 12.7. The minimum atomic E-state index is -3.13. The maximum absolute atomic E-state index is 5.02. The largest absolute Gasteiger partial charge is 0 e. The van der Waals surface area contributed by atoms with Crippen molar-refractivity contribution < 1.29 is 28.7 Å². The molecule has 1 radical (unpaired) electrons. The zero-order chi connectivity index (χ0) is 4.50. The van der Waals surface area contributed by atoms with E-state index in [4.69, 9.17) is 37.7 Å². The molecule has 6 heavy (non-hydrogen) atoms. The summed E-state index contributed by atoms with van der Waals surface area (Å²) < 4.78 is 0. The third kappa shape index (κ3) is 32.9. The third-order valence-electron chi connectivity index (χ3n) is 0. The Labute approximate surface area is 65.6 Å². The van der Waals surface area contributed by atoms with Crippen LogP contribution in [-0.4, -0.2) is 0 Å². The van der Waals surface area contributed by atoms with Crippen LogP contribution in [0.5, 0.6) is 0 Å². The average Bonchev–Trinajstić information content (AvgIpc) is 0.722. The molecular formula is Cl4CoMo. The van der Waals surface area contributed by atoms with Crippen LogP contribution in [0.25, 0.3) is 0 Å². The Morgan fingerprint density at radius 2 is 0.833 bits per heavy atom. The van der Waals surface area contributed by atoms with E-state index in [0.717, 1.165) is 0 Å². The SMILES string of the molecule is [Cl][Mo]([Cl])([Cl])[Cl].[Co]. The monoisotopic (exact) mass is 297 g/mol. The van der Waals surface area contributed by atoms with E-state index in [9.17, 15) is 0 Å². The van der Waals surface area contributed by atoms with Gasteiger partial charge >= 0.3 is 49.6 Å². The van der Waals surface area contributed by atoms with Gasteiger partial charge in [-0.2, -0.15) is 0 Å². The van der Waals surface area contributed by atoms with Crippen molar-refractivity contribution >= 4 is 37.7 Å². The Hall–Kier alpha value is 2.35. The van der Waals surface area contributed by atoms with Crippen LogP contribution in [0.1, 0.15) is 0 Å². The molecule has 0 N–H and O–H groups in total. The first-order valence-electron chi connectivity index (χ1n) is 0.617. The molecule has 0 saturated carbocycles. The molecule has 0 saturated heterocycles. The van der Waals surface area contributed by atoms with Gasteiger partial charge in [0.1, 0.15) is 0 Å². The Morgan fingerprint density at radius 1 is 0.833 bits per heavy atom. The molecule has 0 aromatic carbocycles. The van der Waals surface area contributed by atoms with E-state index in [1.54, 1.807) is 0 Å². The van der Waals surface area contributed by atoms with Crippen molar-refractivity contribution in [1.29, 1.82) is 0 Å². The van der Waals surface area contributed by atoms with Crippen molar-refractivity contribution in [3.05, 3.63) is 0 Å². The van der Waals surface area contributed by atoms with Crippen LogP contribution < -0.4 is 0 Å². The molecule has 0 heterocycles. The molecule has 0 aromatic heterocycles. The minimum Gasteiger partial charge on any atom is 0 e. The van der Waals surface area contributed by atoms with Crippen molar-refractivity contribution in [2.24, 2.45) is 0 Å². The van der Waals surface area contributed by atoms with E-state index in [1.807, 2.05) is 0 Å². The van der Waals surface area contributed by atoms with Gasteiger partial charge in [-0.25, -0.2) is 0 Å². The molecule has 0 amide bonds. The molecule has 0 spiro atoms. The van der Waals surface area contributed by atoms with E-state index >= 15 is 0 Å². The summed E-state index contributed by atoms with van der Waals surface area (Å²) in [5, 5.41) is 0. The van der Waals surface area contributed by atoms with Crippen LogP contribution in [0.3, 0.4) is 0 Å². The Balaban J connectivity index is 0. The number of halogens is 4. The molecule has 0 aliphatic carbocycles. The summed E-state index contributed by atoms with van der Waals surface area (Å²) in [6, 6.07) is 0. The summed E-state index contributed by atoms with van der Waals surface area (Å²) >= 11 is -3.13. The van der Waals surface area contributed by atoms with Crippen molar-refractivity contribution in [2.45, 2.75) is 0 Å². The second-order valence-electron chi connectivity index (χ2n) is 0.350. The fraction of sp³-hybridized carbons (Fsp3) is 0. The van der Waals surface area contributed by atoms with Gasteiger partial charge in [-0.1, -0.05) is 0 Å². The first-order chi connectivity index (χ1) is 2.00. The van der Waals surface area contributed by atoms with Crippen LogP contribution in [0.15, 0.2) is 0 Å². The first-order valence-corrected chi connectivity index (χ1v) is 11.0. The Morgan fingerprint density at radius 3 is 0.833 bits per heavy atom. The van der Waals surface area contributed by atoms with Gasteiger partial charge in [-0.05, 0) is 0 Å². The van der Waals surface area contributed by atoms with Crippen LogP contribution in [0.2, 0.25) is 0 Å². The molecule has 6 heteroatoms. The van der Waals surface area contributed by atoms with E-state index in [2.05, 4.69) is 0 Å². The van der Waals surface area contributed by atoms with E-state index in [1.165, 1.54) is 0 Å². The molecule has 0 aliphatic rings. The maximum atomic E-state index is 5.02. The zero-order valence-corrected chi connectivity index (χ0v) is 8.33. The van der Waals surface area contributed by atoms with Crippen LogP contribution in [0.4, 0.5) is 0 Å². The third-order valence-corrected chi connectivity index (χ3v) is 0. The van der Waals surface area contributed by atoms with Gasteiger partial charge in [0.15, 0.2) is 0 Å². The van der Waals surface area contributed by atoms with Gasteiger partial charge in [0.25, 0.3) is 0 Å². The van der Waals surface area contributed by atoms with Gasteiger partial charge in [0.05, 0.1) is 0 Å². The smallest absolute Gasteiger partial charge is 0 e. The van der Waals surface area contributed by atoms with Gasteiger partial charge in [0.2, 0.25) is 0 Å². The fourth-order valence-electron chi connectivity index (χ4n) is 0. The second-order valence-corrected chi connectivity index (χ2v) is 18.6. The molecule has 0 bridgehead atoms. The molecule has 0 unspecified atom stereocenters. The van der Waals surface area contributed by atoms with Crippen molar-refractivity contribution in [2.75, 3.05) is 0 Å². The fourth-order valence-corrected chi connectivity index (χ4v) is 0. The summed E-state index contributed by atoms with van der Waals surface area (Å²) in [5.74, 6) is 0. The summed E-state index contributed by atoms with van der Waals surface area (Å²) in [6.07, 6.45) is 0. The first kappa shape index (κ1) is 11.2. The summed E-state index contributed by atoms with van der Waals surface area (Å²) in [5.41, 5.74) is 0. The predicted octanol–water partition coefficient (Wildman–Crippen LogP) is 2.75. The van der Waals surface area contributed by atoms with E-state index in [0.29, 0.717) is 0 Å². The van der Waals surface area contributed by atoms with Crippen molar-refractivity contribution in [3.63, 3.8) is 0 Å². The molecule has 0 aliphatic heterocycles. The standard InChI is InChI=1S/4ClH.Co.Mo/h4*1H;;/q;;;;;+4/p-4. The maximum Gasteiger partial charge on any atom is 0 e. The Bertz CT molecular complexity index is 23.0.